The SMILES string of the molecule is O=C(c1ccco1)N1CCO[C@@H]2CNCC[C@@H]2C1. The van der Waals surface area contributed by atoms with E-state index in [0.717, 1.165) is 26.1 Å². The second-order valence-electron chi connectivity index (χ2n) is 4.89. The van der Waals surface area contributed by atoms with Crippen LogP contribution in [0.1, 0.15) is 17.0 Å². The molecule has 5 nitrogen and oxygen atoms in total. The lowest BCUT2D eigenvalue weighted by molar-refractivity contribution is 0.0179. The van der Waals surface area contributed by atoms with E-state index in [1.807, 2.05) is 4.90 Å². The average molecular weight is 250 g/mol. The Morgan fingerprint density at radius 1 is 1.50 bits per heavy atom. The van der Waals surface area contributed by atoms with Crippen LogP contribution in [-0.2, 0) is 4.74 Å². The predicted molar refractivity (Wildman–Crippen MR) is 65.3 cm³/mol. The molecule has 1 aromatic heterocycles. The van der Waals surface area contributed by atoms with Crippen LogP contribution in [0.3, 0.4) is 0 Å². The van der Waals surface area contributed by atoms with Gasteiger partial charge in [-0.3, -0.25) is 4.79 Å². The molecule has 0 saturated carbocycles. The third-order valence-corrected chi connectivity index (χ3v) is 3.73. The lowest BCUT2D eigenvalue weighted by atomic mass is 9.94. The number of piperidine rings is 1. The molecule has 0 spiro atoms. The van der Waals surface area contributed by atoms with E-state index in [9.17, 15) is 4.79 Å². The Bertz CT molecular complexity index is 404. The fourth-order valence-electron chi connectivity index (χ4n) is 2.72. The molecule has 18 heavy (non-hydrogen) atoms. The number of nitrogens with one attached hydrogen (secondary N) is 1. The maximum atomic E-state index is 12.2. The van der Waals surface area contributed by atoms with E-state index in [1.165, 1.54) is 6.26 Å². The van der Waals surface area contributed by atoms with E-state index in [2.05, 4.69) is 5.32 Å². The summed E-state index contributed by atoms with van der Waals surface area (Å²) in [5.41, 5.74) is 0. The van der Waals surface area contributed by atoms with Crippen LogP contribution in [0, 0.1) is 5.92 Å². The molecule has 0 aromatic carbocycles. The first-order valence-electron chi connectivity index (χ1n) is 6.49. The molecule has 0 aliphatic carbocycles. The second kappa shape index (κ2) is 5.12. The Balaban J connectivity index is 1.71. The molecule has 1 amide bonds. The second-order valence-corrected chi connectivity index (χ2v) is 4.89. The zero-order chi connectivity index (χ0) is 12.4. The molecule has 2 fully saturated rings. The summed E-state index contributed by atoms with van der Waals surface area (Å²) in [5, 5.41) is 3.34. The topological polar surface area (TPSA) is 54.7 Å². The minimum absolute atomic E-state index is 0.0252. The number of furan rings is 1. The summed E-state index contributed by atoms with van der Waals surface area (Å²) in [6.07, 6.45) is 2.84. The first-order chi connectivity index (χ1) is 8.84. The van der Waals surface area contributed by atoms with Crippen LogP contribution in [0.2, 0.25) is 0 Å². The molecule has 3 heterocycles. The average Bonchev–Trinajstić information content (AvgIpc) is 2.84. The van der Waals surface area contributed by atoms with Gasteiger partial charge in [-0.15, -0.1) is 0 Å². The highest BCUT2D eigenvalue weighted by Crippen LogP contribution is 2.21. The molecule has 5 heteroatoms. The van der Waals surface area contributed by atoms with Crippen molar-refractivity contribution in [3.05, 3.63) is 24.2 Å². The van der Waals surface area contributed by atoms with Crippen molar-refractivity contribution >= 4 is 5.91 Å². The molecular weight excluding hydrogens is 232 g/mol. The van der Waals surface area contributed by atoms with Crippen LogP contribution in [0.4, 0.5) is 0 Å². The van der Waals surface area contributed by atoms with Crippen molar-refractivity contribution in [3.8, 4) is 0 Å². The standard InChI is InChI=1S/C13H18N2O3/c16-13(11-2-1-6-17-11)15-5-7-18-12-8-14-4-3-10(12)9-15/h1-2,6,10,12,14H,3-5,7-9H2/t10-,12-/m1/s1. The lowest BCUT2D eigenvalue weighted by Gasteiger charge is -2.31. The molecule has 98 valence electrons. The maximum Gasteiger partial charge on any atom is 0.289 e. The Morgan fingerprint density at radius 2 is 2.44 bits per heavy atom. The molecule has 1 aromatic rings. The number of amides is 1. The van der Waals surface area contributed by atoms with Gasteiger partial charge in [0.1, 0.15) is 0 Å². The lowest BCUT2D eigenvalue weighted by Crippen LogP contribution is -2.45. The van der Waals surface area contributed by atoms with Gasteiger partial charge in [0.2, 0.25) is 0 Å². The summed E-state index contributed by atoms with van der Waals surface area (Å²) >= 11 is 0. The summed E-state index contributed by atoms with van der Waals surface area (Å²) in [4.78, 5) is 14.1. The summed E-state index contributed by atoms with van der Waals surface area (Å²) in [5.74, 6) is 0.831. The number of fused-ring (bicyclic) bond motifs is 1. The van der Waals surface area contributed by atoms with Crippen LogP contribution in [0.25, 0.3) is 0 Å². The number of carbonyl (C=O) groups excluding carboxylic acids is 1. The number of ether oxygens (including phenoxy) is 1. The molecule has 3 rings (SSSR count). The molecule has 0 radical (unpaired) electrons. The number of rotatable bonds is 1. The fraction of sp³-hybridized carbons (Fsp3) is 0.615. The highest BCUT2D eigenvalue weighted by Gasteiger charge is 2.32. The van der Waals surface area contributed by atoms with Crippen molar-refractivity contribution < 1.29 is 13.9 Å². The summed E-state index contributed by atoms with van der Waals surface area (Å²) in [6, 6.07) is 3.46. The van der Waals surface area contributed by atoms with Crippen LogP contribution < -0.4 is 5.32 Å². The van der Waals surface area contributed by atoms with Gasteiger partial charge in [0.05, 0.1) is 19.0 Å². The van der Waals surface area contributed by atoms with Crippen molar-refractivity contribution in [2.75, 3.05) is 32.8 Å². The van der Waals surface area contributed by atoms with Gasteiger partial charge in [-0.1, -0.05) is 0 Å². The number of hydrogen-bond donors (Lipinski definition) is 1. The first-order valence-corrected chi connectivity index (χ1v) is 6.49. The minimum atomic E-state index is -0.0252. The van der Waals surface area contributed by atoms with Gasteiger partial charge in [0.25, 0.3) is 5.91 Å². The van der Waals surface area contributed by atoms with Gasteiger partial charge in [0.15, 0.2) is 5.76 Å². The summed E-state index contributed by atoms with van der Waals surface area (Å²) in [7, 11) is 0. The van der Waals surface area contributed by atoms with Crippen molar-refractivity contribution in [1.82, 2.24) is 10.2 Å². The molecular formula is C13H18N2O3. The third kappa shape index (κ3) is 2.28. The van der Waals surface area contributed by atoms with Crippen molar-refractivity contribution in [2.24, 2.45) is 5.92 Å². The Kier molecular flexibility index (Phi) is 3.34. The molecule has 0 unspecified atom stereocenters. The molecule has 1 N–H and O–H groups in total. The van der Waals surface area contributed by atoms with E-state index in [0.29, 0.717) is 24.8 Å². The summed E-state index contributed by atoms with van der Waals surface area (Å²) in [6.45, 7) is 3.93. The van der Waals surface area contributed by atoms with Crippen molar-refractivity contribution in [3.63, 3.8) is 0 Å². The summed E-state index contributed by atoms with van der Waals surface area (Å²) < 4.78 is 11.0. The molecule has 2 aliphatic heterocycles. The van der Waals surface area contributed by atoms with Crippen molar-refractivity contribution in [2.45, 2.75) is 12.5 Å². The van der Waals surface area contributed by atoms with Crippen molar-refractivity contribution in [1.29, 1.82) is 0 Å². The largest absolute Gasteiger partial charge is 0.459 e. The third-order valence-electron chi connectivity index (χ3n) is 3.73. The van der Waals surface area contributed by atoms with Crippen LogP contribution in [0.5, 0.6) is 0 Å². The minimum Gasteiger partial charge on any atom is -0.459 e. The van der Waals surface area contributed by atoms with Crippen LogP contribution in [-0.4, -0.2) is 49.7 Å². The number of carbonyl (C=O) groups is 1. The molecule has 0 bridgehead atoms. The van der Waals surface area contributed by atoms with E-state index in [1.54, 1.807) is 12.1 Å². The van der Waals surface area contributed by atoms with Crippen LogP contribution >= 0.6 is 0 Å². The van der Waals surface area contributed by atoms with Gasteiger partial charge in [0, 0.05) is 25.6 Å². The van der Waals surface area contributed by atoms with Gasteiger partial charge < -0.3 is 19.4 Å². The van der Waals surface area contributed by atoms with Gasteiger partial charge in [-0.2, -0.15) is 0 Å². The Labute approximate surface area is 106 Å². The van der Waals surface area contributed by atoms with Crippen LogP contribution in [0.15, 0.2) is 22.8 Å². The van der Waals surface area contributed by atoms with Gasteiger partial charge in [-0.05, 0) is 25.1 Å². The fourth-order valence-corrected chi connectivity index (χ4v) is 2.72. The van der Waals surface area contributed by atoms with E-state index in [-0.39, 0.29) is 12.0 Å². The smallest absolute Gasteiger partial charge is 0.289 e. The van der Waals surface area contributed by atoms with E-state index >= 15 is 0 Å². The van der Waals surface area contributed by atoms with Gasteiger partial charge >= 0.3 is 0 Å². The quantitative estimate of drug-likeness (QED) is 0.798. The first kappa shape index (κ1) is 11.7. The zero-order valence-corrected chi connectivity index (χ0v) is 10.3. The predicted octanol–water partition coefficient (Wildman–Crippen LogP) is 0.730. The maximum absolute atomic E-state index is 12.2. The van der Waals surface area contributed by atoms with E-state index < -0.39 is 0 Å². The van der Waals surface area contributed by atoms with E-state index in [4.69, 9.17) is 9.15 Å². The highest BCUT2D eigenvalue weighted by molar-refractivity contribution is 5.91. The molecule has 2 aliphatic rings. The van der Waals surface area contributed by atoms with Gasteiger partial charge in [-0.25, -0.2) is 0 Å². The molecule has 2 saturated heterocycles. The number of nitrogens with zero attached hydrogens (tertiary/aromatic N) is 1. The zero-order valence-electron chi connectivity index (χ0n) is 10.3. The Morgan fingerprint density at radius 3 is 3.28 bits per heavy atom. The molecule has 2 atom stereocenters. The number of hydrogen-bond acceptors (Lipinski definition) is 4. The monoisotopic (exact) mass is 250 g/mol. The Hall–Kier alpha value is -1.33. The highest BCUT2D eigenvalue weighted by atomic mass is 16.5. The normalized spacial score (nSPS) is 28.6.